The Hall–Kier alpha value is -2.34. The maximum absolute atomic E-state index is 13.4. The van der Waals surface area contributed by atoms with Crippen molar-refractivity contribution in [3.8, 4) is 0 Å². The lowest BCUT2D eigenvalue weighted by Gasteiger charge is -2.13. The van der Waals surface area contributed by atoms with Crippen LogP contribution in [0.2, 0.25) is 0 Å². The van der Waals surface area contributed by atoms with E-state index in [1.165, 1.54) is 30.0 Å². The Bertz CT molecular complexity index is 664. The highest BCUT2D eigenvalue weighted by atomic mass is 32.2. The van der Waals surface area contributed by atoms with Gasteiger partial charge in [0.1, 0.15) is 5.82 Å². The minimum absolute atomic E-state index is 0.119. The van der Waals surface area contributed by atoms with Gasteiger partial charge in [-0.25, -0.2) is 4.39 Å². The average Bonchev–Trinajstić information content (AvgIpc) is 2.53. The topological polar surface area (TPSA) is 58.2 Å². The monoisotopic (exact) mass is 318 g/mol. The minimum atomic E-state index is -0.691. The van der Waals surface area contributed by atoms with Crippen molar-refractivity contribution in [1.82, 2.24) is 10.9 Å². The van der Waals surface area contributed by atoms with E-state index in [9.17, 15) is 14.0 Å². The van der Waals surface area contributed by atoms with Crippen molar-refractivity contribution in [1.29, 1.82) is 0 Å². The van der Waals surface area contributed by atoms with Crippen molar-refractivity contribution in [3.05, 3.63) is 66.0 Å². The molecular weight excluding hydrogens is 303 g/mol. The molecule has 114 valence electrons. The Labute approximate surface area is 132 Å². The smallest absolute Gasteiger partial charge is 0.272 e. The highest BCUT2D eigenvalue weighted by Crippen LogP contribution is 2.22. The molecule has 0 radical (unpaired) electrons. The summed E-state index contributed by atoms with van der Waals surface area (Å²) in [4.78, 5) is 24.7. The summed E-state index contributed by atoms with van der Waals surface area (Å²) in [7, 11) is 0. The second-order valence-corrected chi connectivity index (χ2v) is 5.91. The van der Waals surface area contributed by atoms with Gasteiger partial charge in [-0.15, -0.1) is 11.8 Å². The quantitative estimate of drug-likeness (QED) is 0.673. The van der Waals surface area contributed by atoms with E-state index in [0.29, 0.717) is 0 Å². The summed E-state index contributed by atoms with van der Waals surface area (Å²) >= 11 is 1.36. The summed E-state index contributed by atoms with van der Waals surface area (Å²) in [6.45, 7) is 1.72. The van der Waals surface area contributed by atoms with Gasteiger partial charge in [-0.2, -0.15) is 0 Å². The molecule has 0 unspecified atom stereocenters. The molecule has 0 heterocycles. The van der Waals surface area contributed by atoms with Crippen LogP contribution in [-0.2, 0) is 4.79 Å². The van der Waals surface area contributed by atoms with E-state index >= 15 is 0 Å². The summed E-state index contributed by atoms with van der Waals surface area (Å²) in [5, 5.41) is -0.400. The van der Waals surface area contributed by atoms with Crippen molar-refractivity contribution in [2.75, 3.05) is 0 Å². The fraction of sp³-hybridized carbons (Fsp3) is 0.125. The molecule has 0 aromatic heterocycles. The molecule has 0 aliphatic heterocycles. The van der Waals surface area contributed by atoms with Gasteiger partial charge >= 0.3 is 0 Å². The third-order valence-electron chi connectivity index (χ3n) is 2.84. The van der Waals surface area contributed by atoms with Crippen LogP contribution >= 0.6 is 11.8 Å². The molecule has 0 fully saturated rings. The Balaban J connectivity index is 1.87. The number of thioether (sulfide) groups is 1. The van der Waals surface area contributed by atoms with Crippen LogP contribution in [0.25, 0.3) is 0 Å². The maximum atomic E-state index is 13.4. The van der Waals surface area contributed by atoms with Crippen molar-refractivity contribution in [3.63, 3.8) is 0 Å². The molecule has 0 saturated carbocycles. The fourth-order valence-corrected chi connectivity index (χ4v) is 2.58. The fourth-order valence-electron chi connectivity index (χ4n) is 1.69. The van der Waals surface area contributed by atoms with E-state index in [0.717, 1.165) is 4.90 Å². The Morgan fingerprint density at radius 1 is 1.00 bits per heavy atom. The van der Waals surface area contributed by atoms with Gasteiger partial charge in [-0.3, -0.25) is 20.4 Å². The first-order valence-electron chi connectivity index (χ1n) is 6.64. The predicted molar refractivity (Wildman–Crippen MR) is 83.8 cm³/mol. The lowest BCUT2D eigenvalue weighted by atomic mass is 10.2. The Morgan fingerprint density at radius 2 is 1.64 bits per heavy atom. The summed E-state index contributed by atoms with van der Waals surface area (Å²) in [5.41, 5.74) is 4.40. The minimum Gasteiger partial charge on any atom is -0.272 e. The number of carbonyl (C=O) groups excluding carboxylic acids is 2. The van der Waals surface area contributed by atoms with Gasteiger partial charge in [-0.05, 0) is 31.2 Å². The number of hydrogen-bond donors (Lipinski definition) is 2. The zero-order valence-electron chi connectivity index (χ0n) is 11.9. The van der Waals surface area contributed by atoms with E-state index < -0.39 is 17.0 Å². The van der Waals surface area contributed by atoms with Gasteiger partial charge in [0.2, 0.25) is 0 Å². The predicted octanol–water partition coefficient (Wildman–Crippen LogP) is 2.77. The second-order valence-electron chi connectivity index (χ2n) is 4.50. The van der Waals surface area contributed by atoms with Crippen molar-refractivity contribution >= 4 is 23.6 Å². The number of nitrogens with one attached hydrogen (secondary N) is 2. The standard InChI is InChI=1S/C16H15FN2O2S/c1-11(22-12-7-3-2-4-8-12)15(20)18-19-16(21)13-9-5-6-10-14(13)17/h2-11H,1H3,(H,18,20)(H,19,21)/t11-/m1/s1. The zero-order chi connectivity index (χ0) is 15.9. The van der Waals surface area contributed by atoms with Crippen molar-refractivity contribution < 1.29 is 14.0 Å². The third kappa shape index (κ3) is 4.33. The van der Waals surface area contributed by atoms with Crippen LogP contribution in [0, 0.1) is 5.82 Å². The van der Waals surface area contributed by atoms with Crippen LogP contribution in [0.4, 0.5) is 4.39 Å². The third-order valence-corrected chi connectivity index (χ3v) is 3.95. The number of hydrazine groups is 1. The molecular formula is C16H15FN2O2S. The van der Waals surface area contributed by atoms with Crippen LogP contribution in [0.3, 0.4) is 0 Å². The number of carbonyl (C=O) groups is 2. The largest absolute Gasteiger partial charge is 0.272 e. The number of benzene rings is 2. The molecule has 4 nitrogen and oxygen atoms in total. The van der Waals surface area contributed by atoms with E-state index in [1.54, 1.807) is 13.0 Å². The number of halogens is 1. The Morgan fingerprint density at radius 3 is 2.32 bits per heavy atom. The molecule has 0 aliphatic rings. The highest BCUT2D eigenvalue weighted by molar-refractivity contribution is 8.00. The van der Waals surface area contributed by atoms with Crippen molar-refractivity contribution in [2.45, 2.75) is 17.1 Å². The van der Waals surface area contributed by atoms with Gasteiger partial charge in [0, 0.05) is 4.90 Å². The van der Waals surface area contributed by atoms with E-state index in [2.05, 4.69) is 10.9 Å². The lowest BCUT2D eigenvalue weighted by Crippen LogP contribution is -2.45. The molecule has 2 amide bonds. The maximum Gasteiger partial charge on any atom is 0.272 e. The average molecular weight is 318 g/mol. The summed E-state index contributed by atoms with van der Waals surface area (Å²) in [6, 6.07) is 15.0. The molecule has 0 aliphatic carbocycles. The van der Waals surface area contributed by atoms with Gasteiger partial charge in [-0.1, -0.05) is 30.3 Å². The van der Waals surface area contributed by atoms with Crippen LogP contribution in [0.15, 0.2) is 59.5 Å². The molecule has 0 spiro atoms. The summed E-state index contributed by atoms with van der Waals surface area (Å²) in [6.07, 6.45) is 0. The number of hydrogen-bond acceptors (Lipinski definition) is 3. The van der Waals surface area contributed by atoms with Crippen LogP contribution < -0.4 is 10.9 Å². The van der Waals surface area contributed by atoms with Gasteiger partial charge in [0.05, 0.1) is 10.8 Å². The molecule has 2 aromatic rings. The first kappa shape index (κ1) is 16.0. The molecule has 6 heteroatoms. The van der Waals surface area contributed by atoms with Gasteiger partial charge in [0.15, 0.2) is 0 Å². The molecule has 0 bridgehead atoms. The Kier molecular flexibility index (Phi) is 5.55. The van der Waals surface area contributed by atoms with E-state index in [-0.39, 0.29) is 11.5 Å². The first-order chi connectivity index (χ1) is 10.6. The molecule has 2 N–H and O–H groups in total. The molecule has 2 rings (SSSR count). The zero-order valence-corrected chi connectivity index (χ0v) is 12.7. The molecule has 0 saturated heterocycles. The van der Waals surface area contributed by atoms with Crippen LogP contribution in [0.5, 0.6) is 0 Å². The van der Waals surface area contributed by atoms with E-state index in [1.807, 2.05) is 30.3 Å². The molecule has 2 aromatic carbocycles. The van der Waals surface area contributed by atoms with Gasteiger partial charge < -0.3 is 0 Å². The highest BCUT2D eigenvalue weighted by Gasteiger charge is 2.16. The van der Waals surface area contributed by atoms with Crippen LogP contribution in [0.1, 0.15) is 17.3 Å². The number of rotatable bonds is 4. The molecule has 1 atom stereocenters. The summed E-state index contributed by atoms with van der Waals surface area (Å²) in [5.74, 6) is -1.69. The summed E-state index contributed by atoms with van der Waals surface area (Å²) < 4.78 is 13.4. The normalized spacial score (nSPS) is 11.5. The SMILES string of the molecule is C[C@@H](Sc1ccccc1)C(=O)NNC(=O)c1ccccc1F. The lowest BCUT2D eigenvalue weighted by molar-refractivity contribution is -0.121. The van der Waals surface area contributed by atoms with Crippen molar-refractivity contribution in [2.24, 2.45) is 0 Å². The van der Waals surface area contributed by atoms with Crippen LogP contribution in [-0.4, -0.2) is 17.1 Å². The second kappa shape index (κ2) is 7.61. The van der Waals surface area contributed by atoms with Gasteiger partial charge in [0.25, 0.3) is 11.8 Å². The molecule has 22 heavy (non-hydrogen) atoms. The van der Waals surface area contributed by atoms with E-state index in [4.69, 9.17) is 0 Å². The first-order valence-corrected chi connectivity index (χ1v) is 7.52. The number of amides is 2.